The highest BCUT2D eigenvalue weighted by Gasteiger charge is 2.20. The fourth-order valence-electron chi connectivity index (χ4n) is 1.66. The molecule has 0 aromatic carbocycles. The van der Waals surface area contributed by atoms with Gasteiger partial charge in [-0.25, -0.2) is 0 Å². The van der Waals surface area contributed by atoms with Crippen LogP contribution in [0.3, 0.4) is 0 Å². The average molecular weight is 241 g/mol. The molecule has 0 radical (unpaired) electrons. The molecule has 1 aliphatic rings. The second-order valence-electron chi connectivity index (χ2n) is 5.03. The van der Waals surface area contributed by atoms with Gasteiger partial charge in [0.05, 0.1) is 6.54 Å². The summed E-state index contributed by atoms with van der Waals surface area (Å²) in [6, 6.07) is 0.369. The number of hydrogen-bond donors (Lipinski definition) is 3. The highest BCUT2D eigenvalue weighted by atomic mass is 16.2. The summed E-state index contributed by atoms with van der Waals surface area (Å²) >= 11 is 0. The first-order valence-electron chi connectivity index (χ1n) is 6.28. The Kier molecular flexibility index (Phi) is 5.41. The minimum atomic E-state index is 0.00974. The molecule has 0 spiro atoms. The maximum Gasteiger partial charge on any atom is 0.234 e. The standard InChI is InChI=1S/C12H23N3O2/c1-8(2)9(3)14-12(17)7-13-6-10-4-5-11(16)15-10/h8-10,13H,4-7H2,1-3H3,(H,14,17)(H,15,16). The molecule has 1 saturated heterocycles. The van der Waals surface area contributed by atoms with Crippen molar-refractivity contribution in [1.29, 1.82) is 0 Å². The quantitative estimate of drug-likeness (QED) is 0.614. The monoisotopic (exact) mass is 241 g/mol. The maximum atomic E-state index is 11.5. The van der Waals surface area contributed by atoms with Crippen LogP contribution >= 0.6 is 0 Å². The molecule has 1 rings (SSSR count). The van der Waals surface area contributed by atoms with Crippen molar-refractivity contribution < 1.29 is 9.59 Å². The highest BCUT2D eigenvalue weighted by Crippen LogP contribution is 2.04. The summed E-state index contributed by atoms with van der Waals surface area (Å²) in [4.78, 5) is 22.5. The minimum Gasteiger partial charge on any atom is -0.352 e. The van der Waals surface area contributed by atoms with Crippen molar-refractivity contribution in [2.45, 2.75) is 45.7 Å². The zero-order valence-corrected chi connectivity index (χ0v) is 10.9. The van der Waals surface area contributed by atoms with Gasteiger partial charge in [-0.15, -0.1) is 0 Å². The topological polar surface area (TPSA) is 70.2 Å². The molecule has 0 aliphatic carbocycles. The lowest BCUT2D eigenvalue weighted by Crippen LogP contribution is -2.44. The van der Waals surface area contributed by atoms with E-state index in [-0.39, 0.29) is 23.9 Å². The highest BCUT2D eigenvalue weighted by molar-refractivity contribution is 5.79. The molecule has 1 fully saturated rings. The number of carbonyl (C=O) groups is 2. The van der Waals surface area contributed by atoms with Gasteiger partial charge in [-0.3, -0.25) is 9.59 Å². The zero-order chi connectivity index (χ0) is 12.8. The molecule has 0 aromatic rings. The lowest BCUT2D eigenvalue weighted by Gasteiger charge is -2.18. The molecule has 1 heterocycles. The van der Waals surface area contributed by atoms with Crippen LogP contribution in [0.5, 0.6) is 0 Å². The van der Waals surface area contributed by atoms with Crippen LogP contribution in [0.25, 0.3) is 0 Å². The van der Waals surface area contributed by atoms with Crippen LogP contribution in [0.2, 0.25) is 0 Å². The van der Waals surface area contributed by atoms with Gasteiger partial charge in [0.15, 0.2) is 0 Å². The Labute approximate surface area is 103 Å². The zero-order valence-electron chi connectivity index (χ0n) is 10.9. The van der Waals surface area contributed by atoms with E-state index in [1.807, 2.05) is 6.92 Å². The molecule has 17 heavy (non-hydrogen) atoms. The molecular weight excluding hydrogens is 218 g/mol. The van der Waals surface area contributed by atoms with Crippen molar-refractivity contribution >= 4 is 11.8 Å². The van der Waals surface area contributed by atoms with Crippen molar-refractivity contribution in [1.82, 2.24) is 16.0 Å². The lowest BCUT2D eigenvalue weighted by molar-refractivity contribution is -0.121. The van der Waals surface area contributed by atoms with Gasteiger partial charge in [-0.1, -0.05) is 13.8 Å². The Morgan fingerprint density at radius 3 is 2.71 bits per heavy atom. The van der Waals surface area contributed by atoms with Gasteiger partial charge >= 0.3 is 0 Å². The van der Waals surface area contributed by atoms with Gasteiger partial charge in [0, 0.05) is 25.0 Å². The molecule has 0 bridgehead atoms. The van der Waals surface area contributed by atoms with Gasteiger partial charge in [0.2, 0.25) is 11.8 Å². The molecule has 0 saturated carbocycles. The Balaban J connectivity index is 2.10. The summed E-state index contributed by atoms with van der Waals surface area (Å²) in [6.07, 6.45) is 1.46. The van der Waals surface area contributed by atoms with Crippen molar-refractivity contribution in [3.63, 3.8) is 0 Å². The van der Waals surface area contributed by atoms with Crippen molar-refractivity contribution in [3.8, 4) is 0 Å². The minimum absolute atomic E-state index is 0.00974. The fraction of sp³-hybridized carbons (Fsp3) is 0.833. The molecule has 98 valence electrons. The second-order valence-corrected chi connectivity index (χ2v) is 5.03. The van der Waals surface area contributed by atoms with E-state index in [9.17, 15) is 9.59 Å². The molecule has 2 amide bonds. The van der Waals surface area contributed by atoms with Crippen LogP contribution < -0.4 is 16.0 Å². The first kappa shape index (κ1) is 14.0. The summed E-state index contributed by atoms with van der Waals surface area (Å²) in [5.74, 6) is 0.554. The predicted octanol–water partition coefficient (Wildman–Crippen LogP) is 0.0153. The first-order valence-corrected chi connectivity index (χ1v) is 6.28. The lowest BCUT2D eigenvalue weighted by atomic mass is 10.1. The largest absolute Gasteiger partial charge is 0.352 e. The van der Waals surface area contributed by atoms with E-state index >= 15 is 0 Å². The van der Waals surface area contributed by atoms with E-state index in [1.165, 1.54) is 0 Å². The third kappa shape index (κ3) is 5.17. The van der Waals surface area contributed by atoms with Crippen molar-refractivity contribution in [3.05, 3.63) is 0 Å². The third-order valence-electron chi connectivity index (χ3n) is 3.15. The Hall–Kier alpha value is -1.10. The van der Waals surface area contributed by atoms with Crippen molar-refractivity contribution in [2.24, 2.45) is 5.92 Å². The molecular formula is C12H23N3O2. The van der Waals surface area contributed by atoms with E-state index in [2.05, 4.69) is 29.8 Å². The van der Waals surface area contributed by atoms with Crippen molar-refractivity contribution in [2.75, 3.05) is 13.1 Å². The number of hydrogen-bond acceptors (Lipinski definition) is 3. The normalized spacial score (nSPS) is 21.4. The van der Waals surface area contributed by atoms with Gasteiger partial charge in [0.25, 0.3) is 0 Å². The molecule has 2 atom stereocenters. The van der Waals surface area contributed by atoms with E-state index in [4.69, 9.17) is 0 Å². The van der Waals surface area contributed by atoms with Gasteiger partial charge in [0.1, 0.15) is 0 Å². The maximum absolute atomic E-state index is 11.5. The summed E-state index contributed by atoms with van der Waals surface area (Å²) in [5, 5.41) is 8.84. The van der Waals surface area contributed by atoms with Crippen LogP contribution in [0.4, 0.5) is 0 Å². The van der Waals surface area contributed by atoms with E-state index in [1.54, 1.807) is 0 Å². The van der Waals surface area contributed by atoms with Crippen LogP contribution in [-0.4, -0.2) is 37.0 Å². The summed E-state index contributed by atoms with van der Waals surface area (Å²) in [6.45, 7) is 7.12. The van der Waals surface area contributed by atoms with Gasteiger partial charge in [-0.2, -0.15) is 0 Å². The van der Waals surface area contributed by atoms with E-state index in [0.29, 0.717) is 25.4 Å². The van der Waals surface area contributed by atoms with Gasteiger partial charge in [-0.05, 0) is 19.3 Å². The Morgan fingerprint density at radius 2 is 2.18 bits per heavy atom. The van der Waals surface area contributed by atoms with E-state index in [0.717, 1.165) is 6.42 Å². The molecule has 0 aromatic heterocycles. The van der Waals surface area contributed by atoms with Crippen LogP contribution in [0.15, 0.2) is 0 Å². The Morgan fingerprint density at radius 1 is 1.47 bits per heavy atom. The van der Waals surface area contributed by atoms with Crippen LogP contribution in [0.1, 0.15) is 33.6 Å². The first-order chi connectivity index (χ1) is 7.99. The molecule has 5 heteroatoms. The number of rotatable bonds is 6. The molecule has 1 aliphatic heterocycles. The summed E-state index contributed by atoms with van der Waals surface area (Å²) in [5.41, 5.74) is 0. The number of carbonyl (C=O) groups excluding carboxylic acids is 2. The van der Waals surface area contributed by atoms with E-state index < -0.39 is 0 Å². The number of nitrogens with one attached hydrogen (secondary N) is 3. The average Bonchev–Trinajstić information content (AvgIpc) is 2.64. The predicted molar refractivity (Wildman–Crippen MR) is 66.5 cm³/mol. The Bertz CT molecular complexity index is 279. The van der Waals surface area contributed by atoms with Crippen LogP contribution in [-0.2, 0) is 9.59 Å². The smallest absolute Gasteiger partial charge is 0.234 e. The van der Waals surface area contributed by atoms with Gasteiger partial charge < -0.3 is 16.0 Å². The SMILES string of the molecule is CC(C)C(C)NC(=O)CNCC1CCC(=O)N1. The second kappa shape index (κ2) is 6.59. The summed E-state index contributed by atoms with van der Waals surface area (Å²) in [7, 11) is 0. The fourth-order valence-corrected chi connectivity index (χ4v) is 1.66. The molecule has 3 N–H and O–H groups in total. The third-order valence-corrected chi connectivity index (χ3v) is 3.15. The van der Waals surface area contributed by atoms with Crippen LogP contribution in [0, 0.1) is 5.92 Å². The molecule has 5 nitrogen and oxygen atoms in total. The molecule has 2 unspecified atom stereocenters. The number of amides is 2. The summed E-state index contributed by atoms with van der Waals surface area (Å²) < 4.78 is 0.